The first-order valence-corrected chi connectivity index (χ1v) is 12.1. The van der Waals surface area contributed by atoms with Crippen molar-refractivity contribution in [3.63, 3.8) is 0 Å². The highest BCUT2D eigenvalue weighted by molar-refractivity contribution is 9.10. The summed E-state index contributed by atoms with van der Waals surface area (Å²) in [5.41, 5.74) is 3.91. The number of ether oxygens (including phenoxy) is 2. The van der Waals surface area contributed by atoms with Crippen LogP contribution >= 0.6 is 31.9 Å². The molecule has 7 nitrogen and oxygen atoms in total. The number of anilines is 2. The van der Waals surface area contributed by atoms with Crippen molar-refractivity contribution in [2.75, 3.05) is 43.6 Å². The maximum Gasteiger partial charge on any atom is 0.236 e. The van der Waals surface area contributed by atoms with E-state index in [0.29, 0.717) is 13.2 Å². The van der Waals surface area contributed by atoms with Crippen molar-refractivity contribution in [2.24, 2.45) is 0 Å². The van der Waals surface area contributed by atoms with Gasteiger partial charge < -0.3 is 20.1 Å². The lowest BCUT2D eigenvalue weighted by Gasteiger charge is -2.32. The molecule has 2 aromatic heterocycles. The summed E-state index contributed by atoms with van der Waals surface area (Å²) in [7, 11) is 0. The average molecular weight is 552 g/mol. The van der Waals surface area contributed by atoms with Crippen LogP contribution < -0.4 is 10.6 Å². The predicted octanol–water partition coefficient (Wildman–Crippen LogP) is 4.16. The molecule has 0 radical (unpaired) electrons. The Bertz CT molecular complexity index is 1000. The number of pyridine rings is 2. The molecular formula is C22H24Br2N4O3. The molecule has 2 fully saturated rings. The van der Waals surface area contributed by atoms with Crippen LogP contribution in [0, 0.1) is 0 Å². The lowest BCUT2D eigenvalue weighted by Crippen LogP contribution is -2.40. The van der Waals surface area contributed by atoms with Crippen LogP contribution in [0.2, 0.25) is 0 Å². The molecule has 2 spiro atoms. The number of carbonyl (C=O) groups excluding carboxylic acids is 1. The lowest BCUT2D eigenvalue weighted by atomic mass is 9.78. The second-order valence-electron chi connectivity index (χ2n) is 8.49. The molecule has 4 aliphatic rings. The van der Waals surface area contributed by atoms with E-state index in [1.807, 2.05) is 12.3 Å². The minimum Gasteiger partial charge on any atom is -0.383 e. The van der Waals surface area contributed by atoms with Gasteiger partial charge in [-0.2, -0.15) is 0 Å². The summed E-state index contributed by atoms with van der Waals surface area (Å²) in [6.07, 6.45) is 7.25. The van der Waals surface area contributed by atoms with E-state index in [1.165, 1.54) is 11.4 Å². The zero-order valence-corrected chi connectivity index (χ0v) is 20.2. The number of aromatic nitrogens is 2. The number of halogens is 2. The molecule has 6 rings (SSSR count). The van der Waals surface area contributed by atoms with Crippen molar-refractivity contribution < 1.29 is 14.3 Å². The Balaban J connectivity index is 0.000000132. The van der Waals surface area contributed by atoms with Gasteiger partial charge in [0.05, 0.1) is 28.2 Å². The van der Waals surface area contributed by atoms with Gasteiger partial charge in [-0.1, -0.05) is 0 Å². The van der Waals surface area contributed by atoms with Crippen LogP contribution in [0.4, 0.5) is 11.4 Å². The molecule has 0 bridgehead atoms. The van der Waals surface area contributed by atoms with Crippen LogP contribution in [0.1, 0.15) is 37.1 Å². The third kappa shape index (κ3) is 3.79. The van der Waals surface area contributed by atoms with Gasteiger partial charge in [-0.15, -0.1) is 0 Å². The van der Waals surface area contributed by atoms with Gasteiger partial charge in [0.2, 0.25) is 5.91 Å². The Kier molecular flexibility index (Phi) is 5.79. The Morgan fingerprint density at radius 2 is 1.42 bits per heavy atom. The standard InChI is InChI=1S/C11H11BrN2O2.C11H13BrN2O/c12-7-5-8-9(13-6-7)11(10(15)14-8)1-3-16-4-2-11;12-8-5-9-10(13-6-8)11(7-14-9)1-3-15-4-2-11/h5-6H,1-4H2,(H,14,15);5-6,14H,1-4,7H2. The van der Waals surface area contributed by atoms with Crippen LogP contribution in [-0.2, 0) is 25.1 Å². The van der Waals surface area contributed by atoms with Crippen molar-refractivity contribution in [1.29, 1.82) is 0 Å². The third-order valence-electron chi connectivity index (χ3n) is 6.76. The van der Waals surface area contributed by atoms with Crippen molar-refractivity contribution in [1.82, 2.24) is 9.97 Å². The van der Waals surface area contributed by atoms with E-state index in [4.69, 9.17) is 9.47 Å². The van der Waals surface area contributed by atoms with E-state index >= 15 is 0 Å². The maximum absolute atomic E-state index is 12.1. The number of hydrogen-bond donors (Lipinski definition) is 2. The number of carbonyl (C=O) groups is 1. The zero-order chi connectivity index (χ0) is 21.5. The Hall–Kier alpha value is -1.55. The molecule has 4 aliphatic heterocycles. The number of nitrogens with one attached hydrogen (secondary N) is 2. The number of nitrogens with zero attached hydrogens (tertiary/aromatic N) is 2. The molecule has 9 heteroatoms. The molecule has 6 heterocycles. The molecule has 2 aromatic rings. The summed E-state index contributed by atoms with van der Waals surface area (Å²) < 4.78 is 12.7. The molecule has 1 amide bonds. The summed E-state index contributed by atoms with van der Waals surface area (Å²) >= 11 is 6.81. The number of amides is 1. The van der Waals surface area contributed by atoms with Crippen LogP contribution in [-0.4, -0.2) is 48.8 Å². The van der Waals surface area contributed by atoms with E-state index in [0.717, 1.165) is 65.8 Å². The van der Waals surface area contributed by atoms with Gasteiger partial charge in [-0.05, 0) is 69.7 Å². The quantitative estimate of drug-likeness (QED) is 0.511. The predicted molar refractivity (Wildman–Crippen MR) is 124 cm³/mol. The SMILES string of the molecule is Brc1cnc2c(c1)NCC21CCOCC1.O=C1Nc2cc(Br)cnc2C12CCOCC2. The average Bonchev–Trinajstić information content (AvgIpc) is 3.24. The first-order chi connectivity index (χ1) is 15.0. The second kappa shape index (κ2) is 8.42. The van der Waals surface area contributed by atoms with Crippen LogP contribution in [0.3, 0.4) is 0 Å². The van der Waals surface area contributed by atoms with E-state index in [2.05, 4.69) is 58.5 Å². The molecule has 164 valence electrons. The highest BCUT2D eigenvalue weighted by Crippen LogP contribution is 2.44. The van der Waals surface area contributed by atoms with E-state index in [1.54, 1.807) is 6.20 Å². The molecule has 0 unspecified atom stereocenters. The van der Waals surface area contributed by atoms with Gasteiger partial charge >= 0.3 is 0 Å². The van der Waals surface area contributed by atoms with Gasteiger partial charge in [0.25, 0.3) is 0 Å². The first-order valence-electron chi connectivity index (χ1n) is 10.6. The largest absolute Gasteiger partial charge is 0.383 e. The van der Waals surface area contributed by atoms with Crippen molar-refractivity contribution in [2.45, 2.75) is 36.5 Å². The zero-order valence-electron chi connectivity index (χ0n) is 17.0. The number of rotatable bonds is 0. The van der Waals surface area contributed by atoms with Crippen LogP contribution in [0.5, 0.6) is 0 Å². The maximum atomic E-state index is 12.1. The van der Waals surface area contributed by atoms with Gasteiger partial charge in [-0.25, -0.2) is 0 Å². The summed E-state index contributed by atoms with van der Waals surface area (Å²) in [5, 5.41) is 6.37. The summed E-state index contributed by atoms with van der Waals surface area (Å²) in [6.45, 7) is 3.99. The number of fused-ring (bicyclic) bond motifs is 4. The first kappa shape index (κ1) is 21.3. The lowest BCUT2D eigenvalue weighted by molar-refractivity contribution is -0.124. The van der Waals surface area contributed by atoms with Gasteiger partial charge in [-0.3, -0.25) is 14.8 Å². The molecule has 0 saturated carbocycles. The minimum absolute atomic E-state index is 0.0661. The van der Waals surface area contributed by atoms with Gasteiger partial charge in [0.15, 0.2) is 0 Å². The van der Waals surface area contributed by atoms with E-state index in [9.17, 15) is 4.79 Å². The Morgan fingerprint density at radius 3 is 2.10 bits per heavy atom. The molecule has 0 aromatic carbocycles. The molecular weight excluding hydrogens is 528 g/mol. The Morgan fingerprint density at radius 1 is 0.839 bits per heavy atom. The van der Waals surface area contributed by atoms with Gasteiger partial charge in [0.1, 0.15) is 0 Å². The monoisotopic (exact) mass is 550 g/mol. The second-order valence-corrected chi connectivity index (χ2v) is 10.3. The fraction of sp³-hybridized carbons (Fsp3) is 0.500. The van der Waals surface area contributed by atoms with Gasteiger partial charge in [0, 0.05) is 59.7 Å². The summed E-state index contributed by atoms with van der Waals surface area (Å²) in [5.74, 6) is 0.0661. The minimum atomic E-state index is -0.450. The smallest absolute Gasteiger partial charge is 0.236 e. The molecule has 2 N–H and O–H groups in total. The highest BCUT2D eigenvalue weighted by atomic mass is 79.9. The molecule has 0 atom stereocenters. The normalized spacial score (nSPS) is 22.2. The van der Waals surface area contributed by atoms with Crippen molar-refractivity contribution in [3.05, 3.63) is 44.9 Å². The van der Waals surface area contributed by atoms with Crippen LogP contribution in [0.15, 0.2) is 33.5 Å². The van der Waals surface area contributed by atoms with E-state index < -0.39 is 5.41 Å². The van der Waals surface area contributed by atoms with Crippen LogP contribution in [0.25, 0.3) is 0 Å². The highest BCUT2D eigenvalue weighted by Gasteiger charge is 2.49. The Labute approximate surface area is 198 Å². The summed E-state index contributed by atoms with van der Waals surface area (Å²) in [6, 6.07) is 4.02. The van der Waals surface area contributed by atoms with Crippen molar-refractivity contribution >= 4 is 49.1 Å². The van der Waals surface area contributed by atoms with Crippen molar-refractivity contribution in [3.8, 4) is 0 Å². The molecule has 0 aliphatic carbocycles. The fourth-order valence-electron chi connectivity index (χ4n) is 4.97. The third-order valence-corrected chi connectivity index (χ3v) is 7.63. The topological polar surface area (TPSA) is 85.4 Å². The summed E-state index contributed by atoms with van der Waals surface area (Å²) in [4.78, 5) is 21.1. The number of hydrogen-bond acceptors (Lipinski definition) is 6. The fourth-order valence-corrected chi connectivity index (χ4v) is 5.63. The molecule has 31 heavy (non-hydrogen) atoms. The molecule has 2 saturated heterocycles. The van der Waals surface area contributed by atoms with E-state index in [-0.39, 0.29) is 11.3 Å².